The molecule has 1 heterocycles. The average molecular weight is 280 g/mol. The summed E-state index contributed by atoms with van der Waals surface area (Å²) < 4.78 is 1.75. The zero-order chi connectivity index (χ0) is 14.8. The van der Waals surface area contributed by atoms with E-state index < -0.39 is 0 Å². The summed E-state index contributed by atoms with van der Waals surface area (Å²) in [7, 11) is 0. The van der Waals surface area contributed by atoms with Crippen LogP contribution in [0.1, 0.15) is 11.1 Å². The van der Waals surface area contributed by atoms with Crippen molar-refractivity contribution in [2.45, 2.75) is 13.5 Å². The van der Waals surface area contributed by atoms with E-state index in [1.165, 1.54) is 11.1 Å². The quantitative estimate of drug-likeness (QED) is 0.714. The van der Waals surface area contributed by atoms with Gasteiger partial charge in [-0.3, -0.25) is 0 Å². The first-order valence-electron chi connectivity index (χ1n) is 6.60. The fraction of sp³-hybridized carbons (Fsp3) is 0.133. The highest BCUT2D eigenvalue weighted by Gasteiger charge is 2.11. The Labute approximate surface area is 122 Å². The maximum Gasteiger partial charge on any atom is 0.182 e. The molecule has 0 aliphatic rings. The van der Waals surface area contributed by atoms with E-state index in [0.29, 0.717) is 23.7 Å². The summed E-state index contributed by atoms with van der Waals surface area (Å²) in [6, 6.07) is 13.5. The molecule has 106 valence electrons. The summed E-state index contributed by atoms with van der Waals surface area (Å²) >= 11 is 0. The van der Waals surface area contributed by atoms with Gasteiger partial charge in [-0.05, 0) is 46.7 Å². The number of tetrazole rings is 1. The first-order valence-corrected chi connectivity index (χ1v) is 6.60. The van der Waals surface area contributed by atoms with Gasteiger partial charge in [0.15, 0.2) is 5.82 Å². The molecule has 4 N–H and O–H groups in total. The van der Waals surface area contributed by atoms with Crippen LogP contribution in [0.4, 0.5) is 11.4 Å². The first-order chi connectivity index (χ1) is 10.1. The Morgan fingerprint density at radius 1 is 1.05 bits per heavy atom. The molecule has 3 rings (SSSR count). The highest BCUT2D eigenvalue weighted by atomic mass is 15.5. The molecule has 0 saturated heterocycles. The highest BCUT2D eigenvalue weighted by Crippen LogP contribution is 2.23. The molecule has 0 fully saturated rings. The van der Waals surface area contributed by atoms with E-state index in [4.69, 9.17) is 11.5 Å². The molecule has 0 bridgehead atoms. The van der Waals surface area contributed by atoms with Crippen molar-refractivity contribution in [2.75, 3.05) is 11.5 Å². The molecule has 0 atom stereocenters. The molecule has 2 aromatic carbocycles. The van der Waals surface area contributed by atoms with Gasteiger partial charge in [-0.2, -0.15) is 0 Å². The van der Waals surface area contributed by atoms with Crippen LogP contribution in [-0.4, -0.2) is 20.2 Å². The number of benzene rings is 2. The summed E-state index contributed by atoms with van der Waals surface area (Å²) in [5.74, 6) is 0.650. The van der Waals surface area contributed by atoms with E-state index in [2.05, 4.69) is 34.6 Å². The second-order valence-electron chi connectivity index (χ2n) is 4.97. The number of aryl methyl sites for hydroxylation is 1. The predicted octanol–water partition coefficient (Wildman–Crippen LogP) is 1.86. The number of hydrogen-bond acceptors (Lipinski definition) is 5. The monoisotopic (exact) mass is 280 g/mol. The Balaban J connectivity index is 1.99. The van der Waals surface area contributed by atoms with Gasteiger partial charge in [0, 0.05) is 16.9 Å². The smallest absolute Gasteiger partial charge is 0.182 e. The van der Waals surface area contributed by atoms with Crippen LogP contribution in [0.15, 0.2) is 42.5 Å². The van der Waals surface area contributed by atoms with Gasteiger partial charge in [-0.1, -0.05) is 24.3 Å². The fourth-order valence-corrected chi connectivity index (χ4v) is 2.27. The maximum atomic E-state index is 5.83. The molecule has 1 aromatic heterocycles. The Morgan fingerprint density at radius 2 is 1.76 bits per heavy atom. The van der Waals surface area contributed by atoms with Gasteiger partial charge in [0.05, 0.1) is 6.54 Å². The van der Waals surface area contributed by atoms with Crippen LogP contribution in [0.25, 0.3) is 11.4 Å². The second-order valence-corrected chi connectivity index (χ2v) is 4.97. The minimum atomic E-state index is 0.593. The number of aromatic nitrogens is 4. The first kappa shape index (κ1) is 13.1. The molecular weight excluding hydrogens is 264 g/mol. The normalized spacial score (nSPS) is 10.7. The highest BCUT2D eigenvalue weighted by molar-refractivity contribution is 5.67. The van der Waals surface area contributed by atoms with E-state index >= 15 is 0 Å². The number of hydrogen-bond donors (Lipinski definition) is 2. The van der Waals surface area contributed by atoms with Crippen LogP contribution in [0.3, 0.4) is 0 Å². The minimum absolute atomic E-state index is 0.593. The minimum Gasteiger partial charge on any atom is -0.399 e. The van der Waals surface area contributed by atoms with Crippen molar-refractivity contribution in [3.05, 3.63) is 53.6 Å². The molecule has 0 aliphatic carbocycles. The van der Waals surface area contributed by atoms with Crippen molar-refractivity contribution in [1.82, 2.24) is 20.2 Å². The largest absolute Gasteiger partial charge is 0.399 e. The third-order valence-electron chi connectivity index (χ3n) is 3.35. The lowest BCUT2D eigenvalue weighted by Gasteiger charge is -2.08. The van der Waals surface area contributed by atoms with Crippen LogP contribution >= 0.6 is 0 Å². The Morgan fingerprint density at radius 3 is 2.48 bits per heavy atom. The van der Waals surface area contributed by atoms with E-state index in [0.717, 1.165) is 5.56 Å². The average Bonchev–Trinajstić information content (AvgIpc) is 2.88. The van der Waals surface area contributed by atoms with Crippen molar-refractivity contribution in [3.8, 4) is 11.4 Å². The molecule has 0 radical (unpaired) electrons. The number of nitrogens with two attached hydrogens (primary N) is 2. The molecule has 0 amide bonds. The van der Waals surface area contributed by atoms with E-state index in [1.807, 2.05) is 24.3 Å². The zero-order valence-corrected chi connectivity index (χ0v) is 11.7. The number of nitrogens with zero attached hydrogens (tertiary/aromatic N) is 4. The van der Waals surface area contributed by atoms with Gasteiger partial charge in [0.25, 0.3) is 0 Å². The van der Waals surface area contributed by atoms with Crippen molar-refractivity contribution >= 4 is 11.4 Å². The van der Waals surface area contributed by atoms with Crippen molar-refractivity contribution in [1.29, 1.82) is 0 Å². The zero-order valence-electron chi connectivity index (χ0n) is 11.7. The molecule has 0 spiro atoms. The standard InChI is InChI=1S/C15H16N6/c1-10-4-2-3-5-11(10)9-21-15(18-19-20-21)12-6-13(16)8-14(17)7-12/h2-8H,9,16-17H2,1H3. The molecule has 0 unspecified atom stereocenters. The molecule has 21 heavy (non-hydrogen) atoms. The van der Waals surface area contributed by atoms with Crippen LogP contribution in [0.2, 0.25) is 0 Å². The van der Waals surface area contributed by atoms with Crippen LogP contribution < -0.4 is 11.5 Å². The summed E-state index contributed by atoms with van der Waals surface area (Å²) in [5.41, 5.74) is 16.0. The van der Waals surface area contributed by atoms with Gasteiger partial charge in [0.1, 0.15) is 0 Å². The van der Waals surface area contributed by atoms with Crippen LogP contribution in [0.5, 0.6) is 0 Å². The molecular formula is C15H16N6. The summed E-state index contributed by atoms with van der Waals surface area (Å²) in [6.07, 6.45) is 0. The lowest BCUT2D eigenvalue weighted by Crippen LogP contribution is -2.06. The molecule has 6 nitrogen and oxygen atoms in total. The van der Waals surface area contributed by atoms with Gasteiger partial charge in [-0.25, -0.2) is 4.68 Å². The summed E-state index contributed by atoms with van der Waals surface area (Å²) in [6.45, 7) is 2.67. The lowest BCUT2D eigenvalue weighted by molar-refractivity contribution is 0.651. The van der Waals surface area contributed by atoms with Gasteiger partial charge in [0.2, 0.25) is 0 Å². The topological polar surface area (TPSA) is 95.6 Å². The molecule has 0 saturated carbocycles. The Kier molecular flexibility index (Phi) is 3.27. The SMILES string of the molecule is Cc1ccccc1Cn1nnnc1-c1cc(N)cc(N)c1. The number of nitrogen functional groups attached to an aromatic ring is 2. The van der Waals surface area contributed by atoms with E-state index in [9.17, 15) is 0 Å². The Bertz CT molecular complexity index is 757. The van der Waals surface area contributed by atoms with Crippen molar-refractivity contribution in [2.24, 2.45) is 0 Å². The lowest BCUT2D eigenvalue weighted by atomic mass is 10.1. The molecule has 3 aromatic rings. The van der Waals surface area contributed by atoms with Gasteiger partial charge >= 0.3 is 0 Å². The summed E-state index contributed by atoms with van der Waals surface area (Å²) in [5, 5.41) is 11.9. The predicted molar refractivity (Wildman–Crippen MR) is 82.4 cm³/mol. The molecule has 0 aliphatic heterocycles. The van der Waals surface area contributed by atoms with E-state index in [-0.39, 0.29) is 0 Å². The maximum absolute atomic E-state index is 5.83. The van der Waals surface area contributed by atoms with Crippen molar-refractivity contribution < 1.29 is 0 Å². The van der Waals surface area contributed by atoms with Crippen molar-refractivity contribution in [3.63, 3.8) is 0 Å². The van der Waals surface area contributed by atoms with Gasteiger partial charge in [-0.15, -0.1) is 5.10 Å². The van der Waals surface area contributed by atoms with Gasteiger partial charge < -0.3 is 11.5 Å². The molecule has 6 heteroatoms. The van der Waals surface area contributed by atoms with E-state index in [1.54, 1.807) is 10.7 Å². The third-order valence-corrected chi connectivity index (χ3v) is 3.35. The third kappa shape index (κ3) is 2.69. The van der Waals surface area contributed by atoms with Crippen LogP contribution in [0, 0.1) is 6.92 Å². The summed E-state index contributed by atoms with van der Waals surface area (Å²) in [4.78, 5) is 0. The fourth-order valence-electron chi connectivity index (χ4n) is 2.27. The number of rotatable bonds is 3. The Hall–Kier alpha value is -2.89. The number of anilines is 2. The van der Waals surface area contributed by atoms with Crippen LogP contribution in [-0.2, 0) is 6.54 Å². The second kappa shape index (κ2) is 5.24.